The Morgan fingerprint density at radius 3 is 2.76 bits per heavy atom. The second-order valence-corrected chi connectivity index (χ2v) is 5.23. The van der Waals surface area contributed by atoms with E-state index in [0.717, 1.165) is 5.56 Å². The Kier molecular flexibility index (Phi) is 4.48. The van der Waals surface area contributed by atoms with Crippen LogP contribution in [0.3, 0.4) is 0 Å². The van der Waals surface area contributed by atoms with Gasteiger partial charge in [-0.25, -0.2) is 4.98 Å². The molecule has 1 aromatic rings. The zero-order valence-corrected chi connectivity index (χ0v) is 11.1. The summed E-state index contributed by atoms with van der Waals surface area (Å²) in [6.45, 7) is 5.64. The van der Waals surface area contributed by atoms with Crippen molar-refractivity contribution in [3.63, 3.8) is 0 Å². The molecule has 0 bridgehead atoms. The molecule has 0 aliphatic rings. The summed E-state index contributed by atoms with van der Waals surface area (Å²) in [6.07, 6.45) is 2.57. The summed E-state index contributed by atoms with van der Waals surface area (Å²) >= 11 is 5.80. The molecule has 0 atom stereocenters. The maximum atomic E-state index is 11.6. The number of carbonyl (C=O) groups is 1. The molecule has 1 heterocycles. The molecule has 4 nitrogen and oxygen atoms in total. The van der Waals surface area contributed by atoms with Crippen LogP contribution in [0.4, 0.5) is 5.69 Å². The molecule has 1 amide bonds. The molecule has 1 aromatic heterocycles. The number of hydrogen-bond acceptors (Lipinski definition) is 3. The molecule has 94 valence electrons. The monoisotopic (exact) mass is 255 g/mol. The van der Waals surface area contributed by atoms with Crippen molar-refractivity contribution in [3.05, 3.63) is 23.0 Å². The van der Waals surface area contributed by atoms with Gasteiger partial charge in [-0.15, -0.1) is 0 Å². The minimum atomic E-state index is -0.328. The molecule has 0 fully saturated rings. The van der Waals surface area contributed by atoms with E-state index in [4.69, 9.17) is 17.3 Å². The second kappa shape index (κ2) is 5.47. The number of amides is 1. The van der Waals surface area contributed by atoms with Gasteiger partial charge in [0.25, 0.3) is 0 Å². The van der Waals surface area contributed by atoms with Crippen LogP contribution >= 0.6 is 11.6 Å². The highest BCUT2D eigenvalue weighted by atomic mass is 35.5. The Labute approximate surface area is 107 Å². The third kappa shape index (κ3) is 5.15. The van der Waals surface area contributed by atoms with E-state index in [1.54, 1.807) is 12.3 Å². The summed E-state index contributed by atoms with van der Waals surface area (Å²) in [7, 11) is 0. The summed E-state index contributed by atoms with van der Waals surface area (Å²) in [5, 5.41) is 3.22. The van der Waals surface area contributed by atoms with Crippen LogP contribution in [0.2, 0.25) is 5.15 Å². The number of aromatic nitrogens is 1. The van der Waals surface area contributed by atoms with Gasteiger partial charge in [0.15, 0.2) is 0 Å². The number of halogens is 1. The van der Waals surface area contributed by atoms with Crippen LogP contribution in [0.5, 0.6) is 0 Å². The van der Waals surface area contributed by atoms with E-state index < -0.39 is 0 Å². The predicted octanol–water partition coefficient (Wildman–Crippen LogP) is 2.50. The zero-order valence-electron chi connectivity index (χ0n) is 10.4. The summed E-state index contributed by atoms with van der Waals surface area (Å²) in [5.41, 5.74) is 6.98. The number of nitrogens with two attached hydrogens (primary N) is 1. The Balaban J connectivity index is 2.54. The number of aryl methyl sites for hydroxylation is 1. The van der Waals surface area contributed by atoms with E-state index in [1.807, 2.05) is 20.8 Å². The minimum absolute atomic E-state index is 0.0629. The highest BCUT2D eigenvalue weighted by Gasteiger charge is 2.13. The van der Waals surface area contributed by atoms with E-state index in [-0.39, 0.29) is 11.4 Å². The molecule has 3 N–H and O–H groups in total. The van der Waals surface area contributed by atoms with E-state index >= 15 is 0 Å². The van der Waals surface area contributed by atoms with Gasteiger partial charge < -0.3 is 11.1 Å². The highest BCUT2D eigenvalue weighted by molar-refractivity contribution is 6.30. The summed E-state index contributed by atoms with van der Waals surface area (Å²) in [6, 6.07) is 1.79. The summed E-state index contributed by atoms with van der Waals surface area (Å²) in [5.74, 6) is -0.0629. The lowest BCUT2D eigenvalue weighted by molar-refractivity contribution is -0.116. The molecule has 0 aliphatic heterocycles. The van der Waals surface area contributed by atoms with Gasteiger partial charge in [-0.2, -0.15) is 0 Å². The van der Waals surface area contributed by atoms with Crippen molar-refractivity contribution in [1.82, 2.24) is 4.98 Å². The highest BCUT2D eigenvalue weighted by Crippen LogP contribution is 2.16. The number of pyridine rings is 1. The first-order valence-corrected chi connectivity index (χ1v) is 5.86. The molecule has 0 saturated carbocycles. The van der Waals surface area contributed by atoms with Crippen LogP contribution in [0.25, 0.3) is 0 Å². The van der Waals surface area contributed by atoms with Crippen LogP contribution < -0.4 is 11.1 Å². The molecule has 17 heavy (non-hydrogen) atoms. The van der Waals surface area contributed by atoms with Crippen molar-refractivity contribution in [2.75, 3.05) is 5.32 Å². The van der Waals surface area contributed by atoms with Crippen molar-refractivity contribution < 1.29 is 4.79 Å². The van der Waals surface area contributed by atoms with Crippen LogP contribution in [0, 0.1) is 6.92 Å². The molecule has 0 unspecified atom stereocenters. The maximum Gasteiger partial charge on any atom is 0.224 e. The van der Waals surface area contributed by atoms with Crippen molar-refractivity contribution in [2.45, 2.75) is 39.2 Å². The molecule has 5 heteroatoms. The fourth-order valence-corrected chi connectivity index (χ4v) is 1.39. The van der Waals surface area contributed by atoms with E-state index in [9.17, 15) is 4.79 Å². The molecule has 0 saturated heterocycles. The molecular weight excluding hydrogens is 238 g/mol. The van der Waals surface area contributed by atoms with Crippen molar-refractivity contribution in [2.24, 2.45) is 5.73 Å². The average Bonchev–Trinajstić information content (AvgIpc) is 2.20. The maximum absolute atomic E-state index is 11.6. The Bertz CT molecular complexity index is 413. The number of hydrogen-bond donors (Lipinski definition) is 2. The molecule has 0 aromatic carbocycles. The lowest BCUT2D eigenvalue weighted by atomic mass is 10.00. The van der Waals surface area contributed by atoms with Gasteiger partial charge in [-0.1, -0.05) is 11.6 Å². The lowest BCUT2D eigenvalue weighted by Gasteiger charge is -2.17. The van der Waals surface area contributed by atoms with E-state index in [1.165, 1.54) is 0 Å². The van der Waals surface area contributed by atoms with Crippen molar-refractivity contribution >= 4 is 23.2 Å². The van der Waals surface area contributed by atoms with Crippen molar-refractivity contribution in [3.8, 4) is 0 Å². The van der Waals surface area contributed by atoms with E-state index in [0.29, 0.717) is 23.7 Å². The van der Waals surface area contributed by atoms with Gasteiger partial charge in [0.1, 0.15) is 5.15 Å². The van der Waals surface area contributed by atoms with Crippen LogP contribution in [0.15, 0.2) is 12.3 Å². The Morgan fingerprint density at radius 2 is 2.24 bits per heavy atom. The number of carbonyl (C=O) groups excluding carboxylic acids is 1. The third-order valence-corrected chi connectivity index (χ3v) is 2.69. The molecule has 0 radical (unpaired) electrons. The number of rotatable bonds is 4. The third-order valence-electron chi connectivity index (χ3n) is 2.29. The minimum Gasteiger partial charge on any atom is -0.326 e. The van der Waals surface area contributed by atoms with Crippen molar-refractivity contribution in [1.29, 1.82) is 0 Å². The van der Waals surface area contributed by atoms with Gasteiger partial charge in [0.05, 0.1) is 11.9 Å². The fourth-order valence-electron chi connectivity index (χ4n) is 1.29. The number of nitrogens with one attached hydrogen (secondary N) is 1. The van der Waals surface area contributed by atoms with Crippen LogP contribution in [0.1, 0.15) is 32.3 Å². The largest absolute Gasteiger partial charge is 0.326 e. The summed E-state index contributed by atoms with van der Waals surface area (Å²) in [4.78, 5) is 15.6. The van der Waals surface area contributed by atoms with Gasteiger partial charge in [-0.05, 0) is 38.8 Å². The summed E-state index contributed by atoms with van der Waals surface area (Å²) < 4.78 is 0. The number of anilines is 1. The first-order valence-electron chi connectivity index (χ1n) is 5.49. The SMILES string of the molecule is Cc1cc(NC(=O)CCC(C)(C)N)cnc1Cl. The molecule has 0 spiro atoms. The first kappa shape index (κ1) is 13.9. The standard InChI is InChI=1S/C12H18ClN3O/c1-8-6-9(7-15-11(8)13)16-10(17)4-5-12(2,3)14/h6-7H,4-5,14H2,1-3H3,(H,16,17). The second-order valence-electron chi connectivity index (χ2n) is 4.87. The van der Waals surface area contributed by atoms with Gasteiger partial charge in [0, 0.05) is 12.0 Å². The normalized spacial score (nSPS) is 11.4. The number of nitrogens with zero attached hydrogens (tertiary/aromatic N) is 1. The van der Waals surface area contributed by atoms with Gasteiger partial charge in [-0.3, -0.25) is 4.79 Å². The smallest absolute Gasteiger partial charge is 0.224 e. The average molecular weight is 256 g/mol. The quantitative estimate of drug-likeness (QED) is 0.813. The first-order chi connectivity index (χ1) is 7.78. The molecule has 0 aliphatic carbocycles. The van der Waals surface area contributed by atoms with Crippen LogP contribution in [-0.4, -0.2) is 16.4 Å². The topological polar surface area (TPSA) is 68.0 Å². The molecule has 1 rings (SSSR count). The predicted molar refractivity (Wildman–Crippen MR) is 70.1 cm³/mol. The lowest BCUT2D eigenvalue weighted by Crippen LogP contribution is -2.33. The van der Waals surface area contributed by atoms with Gasteiger partial charge >= 0.3 is 0 Å². The van der Waals surface area contributed by atoms with Gasteiger partial charge in [0.2, 0.25) is 5.91 Å². The Hall–Kier alpha value is -1.13. The fraction of sp³-hybridized carbons (Fsp3) is 0.500. The Morgan fingerprint density at radius 1 is 1.59 bits per heavy atom. The zero-order chi connectivity index (χ0) is 13.1. The van der Waals surface area contributed by atoms with Crippen LogP contribution in [-0.2, 0) is 4.79 Å². The molecular formula is C12H18ClN3O. The van der Waals surface area contributed by atoms with E-state index in [2.05, 4.69) is 10.3 Å².